The zero-order chi connectivity index (χ0) is 21.8. The molecular formula is C25H37NO3Si. The first-order valence-electron chi connectivity index (χ1n) is 11.0. The summed E-state index contributed by atoms with van der Waals surface area (Å²) in [5.41, 5.74) is 1.01. The minimum absolute atomic E-state index is 0.156. The fraction of sp³-hybridized carbons (Fsp3) is 0.520. The van der Waals surface area contributed by atoms with Gasteiger partial charge in [0.05, 0.1) is 24.8 Å². The van der Waals surface area contributed by atoms with E-state index in [1.54, 1.807) is 13.4 Å². The Hall–Kier alpha value is -2.14. The first-order chi connectivity index (χ1) is 14.2. The van der Waals surface area contributed by atoms with E-state index in [0.717, 1.165) is 42.2 Å². The van der Waals surface area contributed by atoms with Crippen LogP contribution in [0.1, 0.15) is 45.8 Å². The van der Waals surface area contributed by atoms with E-state index >= 15 is 0 Å². The lowest BCUT2D eigenvalue weighted by atomic mass is 9.85. The average Bonchev–Trinajstić information content (AvgIpc) is 3.20. The van der Waals surface area contributed by atoms with Crippen LogP contribution in [-0.2, 0) is 10.8 Å². The molecule has 0 bridgehead atoms. The summed E-state index contributed by atoms with van der Waals surface area (Å²) in [5, 5.41) is 3.94. The van der Waals surface area contributed by atoms with E-state index in [9.17, 15) is 0 Å². The van der Waals surface area contributed by atoms with Crippen molar-refractivity contribution in [1.29, 1.82) is 0 Å². The van der Waals surface area contributed by atoms with E-state index in [1.807, 2.05) is 24.3 Å². The number of hydrogen-bond acceptors (Lipinski definition) is 4. The van der Waals surface area contributed by atoms with Crippen LogP contribution in [0.25, 0.3) is 0 Å². The van der Waals surface area contributed by atoms with Crippen LogP contribution >= 0.6 is 0 Å². The molecule has 2 aromatic rings. The maximum atomic E-state index is 6.85. The second-order valence-electron chi connectivity index (χ2n) is 9.74. The topological polar surface area (TPSA) is 43.6 Å². The van der Waals surface area contributed by atoms with Crippen LogP contribution in [0.4, 0.5) is 5.69 Å². The standard InChI is InChI=1S/C25H37NO3Si/c1-25(2,3)30(5,6)29-23-15-9-7-13-20(23)22(18-19-12-11-17-28-19)26-21-14-8-10-16-24(21)27-4/h8,10-12,14-17,20,22,26H,7,9,13,18H2,1-6H3/t20-,22-/m0/s1. The van der Waals surface area contributed by atoms with Gasteiger partial charge in [0, 0.05) is 18.4 Å². The normalized spacial score (nSPS) is 18.5. The molecule has 0 amide bonds. The number of hydrogen-bond donors (Lipinski definition) is 1. The number of furan rings is 1. The van der Waals surface area contributed by atoms with Gasteiger partial charge in [0.1, 0.15) is 11.5 Å². The summed E-state index contributed by atoms with van der Waals surface area (Å²) in [6.45, 7) is 11.5. The zero-order valence-corrected chi connectivity index (χ0v) is 20.3. The predicted octanol–water partition coefficient (Wildman–Crippen LogP) is 7.02. The van der Waals surface area contributed by atoms with Crippen LogP contribution in [0.5, 0.6) is 5.75 Å². The fourth-order valence-electron chi connectivity index (χ4n) is 3.74. The van der Waals surface area contributed by atoms with Gasteiger partial charge in [-0.25, -0.2) is 0 Å². The summed E-state index contributed by atoms with van der Waals surface area (Å²) in [4.78, 5) is 0. The Morgan fingerprint density at radius 2 is 1.93 bits per heavy atom. The van der Waals surface area contributed by atoms with Gasteiger partial charge in [0.15, 0.2) is 0 Å². The third-order valence-electron chi connectivity index (χ3n) is 6.54. The highest BCUT2D eigenvalue weighted by Gasteiger charge is 2.41. The van der Waals surface area contributed by atoms with Crippen molar-refractivity contribution < 1.29 is 13.6 Å². The maximum Gasteiger partial charge on any atom is 0.250 e. The van der Waals surface area contributed by atoms with E-state index in [-0.39, 0.29) is 11.1 Å². The minimum Gasteiger partial charge on any atom is -0.546 e. The summed E-state index contributed by atoms with van der Waals surface area (Å²) in [6, 6.07) is 12.3. The first kappa shape index (κ1) is 22.5. The molecule has 1 aliphatic rings. The Balaban J connectivity index is 1.90. The summed E-state index contributed by atoms with van der Waals surface area (Å²) in [6.07, 6.45) is 8.24. The molecule has 0 fully saturated rings. The van der Waals surface area contributed by atoms with Crippen LogP contribution in [-0.4, -0.2) is 21.5 Å². The molecule has 1 aromatic carbocycles. The molecule has 164 valence electrons. The van der Waals surface area contributed by atoms with Gasteiger partial charge in [0.2, 0.25) is 8.32 Å². The van der Waals surface area contributed by atoms with Crippen molar-refractivity contribution in [2.75, 3.05) is 12.4 Å². The lowest BCUT2D eigenvalue weighted by Gasteiger charge is -2.41. The third kappa shape index (κ3) is 5.31. The molecule has 0 radical (unpaired) electrons. The summed E-state index contributed by atoms with van der Waals surface area (Å²) < 4.78 is 18.2. The van der Waals surface area contributed by atoms with Gasteiger partial charge in [-0.1, -0.05) is 32.9 Å². The predicted molar refractivity (Wildman–Crippen MR) is 127 cm³/mol. The number of rotatable bonds is 8. The molecule has 0 unspecified atom stereocenters. The highest BCUT2D eigenvalue weighted by molar-refractivity contribution is 6.74. The van der Waals surface area contributed by atoms with E-state index < -0.39 is 8.32 Å². The Morgan fingerprint density at radius 1 is 1.17 bits per heavy atom. The molecule has 0 saturated heterocycles. The summed E-state index contributed by atoms with van der Waals surface area (Å²) in [7, 11) is -0.196. The molecule has 4 nitrogen and oxygen atoms in total. The molecule has 0 saturated carbocycles. The second-order valence-corrected chi connectivity index (χ2v) is 14.5. The molecule has 3 rings (SSSR count). The van der Waals surface area contributed by atoms with E-state index in [0.29, 0.717) is 5.92 Å². The van der Waals surface area contributed by atoms with Crippen LogP contribution < -0.4 is 10.1 Å². The van der Waals surface area contributed by atoms with Crippen molar-refractivity contribution in [3.63, 3.8) is 0 Å². The number of para-hydroxylation sites is 2. The number of allylic oxidation sites excluding steroid dienone is 1. The first-order valence-corrected chi connectivity index (χ1v) is 13.9. The lowest BCUT2D eigenvalue weighted by molar-refractivity contribution is 0.269. The van der Waals surface area contributed by atoms with Crippen LogP contribution in [0, 0.1) is 5.92 Å². The number of ether oxygens (including phenoxy) is 1. The van der Waals surface area contributed by atoms with Gasteiger partial charge < -0.3 is 18.9 Å². The van der Waals surface area contributed by atoms with E-state index in [2.05, 4.69) is 57.4 Å². The number of benzene rings is 1. The maximum absolute atomic E-state index is 6.85. The highest BCUT2D eigenvalue weighted by atomic mass is 28.4. The van der Waals surface area contributed by atoms with Crippen LogP contribution in [0.2, 0.25) is 18.1 Å². The molecule has 1 aromatic heterocycles. The second kappa shape index (κ2) is 9.34. The van der Waals surface area contributed by atoms with Crippen molar-refractivity contribution in [2.24, 2.45) is 5.92 Å². The number of anilines is 1. The van der Waals surface area contributed by atoms with Gasteiger partial charge in [-0.2, -0.15) is 0 Å². The van der Waals surface area contributed by atoms with Gasteiger partial charge in [-0.3, -0.25) is 0 Å². The van der Waals surface area contributed by atoms with Crippen molar-refractivity contribution in [2.45, 2.75) is 70.6 Å². The number of methoxy groups -OCH3 is 1. The van der Waals surface area contributed by atoms with Crippen LogP contribution in [0.15, 0.2) is 58.9 Å². The molecule has 2 atom stereocenters. The Morgan fingerprint density at radius 3 is 2.60 bits per heavy atom. The highest BCUT2D eigenvalue weighted by Crippen LogP contribution is 2.42. The molecule has 30 heavy (non-hydrogen) atoms. The SMILES string of the molecule is COc1ccccc1N[C@@H](Cc1ccco1)[C@@H]1CCCC=C1O[Si](C)(C)C(C)(C)C. The van der Waals surface area contributed by atoms with E-state index in [4.69, 9.17) is 13.6 Å². The molecule has 1 heterocycles. The Kier molecular flexibility index (Phi) is 7.01. The molecular weight excluding hydrogens is 390 g/mol. The minimum atomic E-state index is -1.91. The van der Waals surface area contributed by atoms with Crippen molar-refractivity contribution in [3.8, 4) is 5.75 Å². The summed E-state index contributed by atoms with van der Waals surface area (Å²) >= 11 is 0. The molecule has 1 N–H and O–H groups in total. The quantitative estimate of drug-likeness (QED) is 0.460. The van der Waals surface area contributed by atoms with Crippen molar-refractivity contribution in [3.05, 3.63) is 60.3 Å². The number of nitrogens with one attached hydrogen (secondary N) is 1. The summed E-state index contributed by atoms with van der Waals surface area (Å²) in [5.74, 6) is 3.29. The smallest absolute Gasteiger partial charge is 0.250 e. The zero-order valence-electron chi connectivity index (χ0n) is 19.3. The van der Waals surface area contributed by atoms with E-state index in [1.165, 1.54) is 6.42 Å². The monoisotopic (exact) mass is 427 g/mol. The molecule has 5 heteroatoms. The van der Waals surface area contributed by atoms with Crippen molar-refractivity contribution >= 4 is 14.0 Å². The fourth-order valence-corrected chi connectivity index (χ4v) is 4.87. The van der Waals surface area contributed by atoms with Crippen LogP contribution in [0.3, 0.4) is 0 Å². The average molecular weight is 428 g/mol. The Bertz CT molecular complexity index is 836. The Labute approximate surface area is 182 Å². The van der Waals surface area contributed by atoms with Gasteiger partial charge in [-0.05, 0) is 67.7 Å². The molecule has 1 aliphatic carbocycles. The largest absolute Gasteiger partial charge is 0.546 e. The lowest BCUT2D eigenvalue weighted by Crippen LogP contribution is -2.43. The van der Waals surface area contributed by atoms with Gasteiger partial charge in [0.25, 0.3) is 0 Å². The third-order valence-corrected chi connectivity index (χ3v) is 10.9. The van der Waals surface area contributed by atoms with Crippen molar-refractivity contribution in [1.82, 2.24) is 0 Å². The molecule has 0 aliphatic heterocycles. The van der Waals surface area contributed by atoms with Gasteiger partial charge in [-0.15, -0.1) is 0 Å². The molecule has 0 spiro atoms. The van der Waals surface area contributed by atoms with Gasteiger partial charge >= 0.3 is 0 Å².